The number of hydrazine groups is 1. The summed E-state index contributed by atoms with van der Waals surface area (Å²) in [7, 11) is 0. The van der Waals surface area contributed by atoms with Crippen LogP contribution >= 0.6 is 0 Å². The summed E-state index contributed by atoms with van der Waals surface area (Å²) in [4.78, 5) is 10.2. The van der Waals surface area contributed by atoms with Gasteiger partial charge in [-0.25, -0.2) is 0 Å². The molecule has 0 radical (unpaired) electrons. The van der Waals surface area contributed by atoms with Crippen LogP contribution in [0.4, 0.5) is 17.1 Å². The second-order valence-electron chi connectivity index (χ2n) is 4.17. The van der Waals surface area contributed by atoms with Crippen molar-refractivity contribution in [3.8, 4) is 0 Å². The quantitative estimate of drug-likeness (QED) is 0.275. The fourth-order valence-corrected chi connectivity index (χ4v) is 1.35. The summed E-state index contributed by atoms with van der Waals surface area (Å²) in [6, 6.07) is 4.11. The number of nitro groups is 1. The van der Waals surface area contributed by atoms with Crippen molar-refractivity contribution in [2.45, 2.75) is 12.5 Å². The molecule has 0 aromatic heterocycles. The van der Waals surface area contributed by atoms with Crippen LogP contribution in [0.1, 0.15) is 6.92 Å². The van der Waals surface area contributed by atoms with E-state index >= 15 is 0 Å². The number of aliphatic hydroxyl groups excluding tert-OH is 2. The van der Waals surface area contributed by atoms with Gasteiger partial charge in [0, 0.05) is 17.8 Å². The molecule has 100 valence electrons. The van der Waals surface area contributed by atoms with Crippen LogP contribution in [0, 0.1) is 10.1 Å². The van der Waals surface area contributed by atoms with E-state index in [1.54, 1.807) is 6.92 Å². The van der Waals surface area contributed by atoms with Crippen molar-refractivity contribution in [1.29, 1.82) is 0 Å². The molecule has 0 aliphatic carbocycles. The van der Waals surface area contributed by atoms with Crippen molar-refractivity contribution in [2.75, 3.05) is 24.0 Å². The summed E-state index contributed by atoms with van der Waals surface area (Å²) in [6.07, 6.45) is 0. The normalized spacial score (nSPS) is 11.1. The van der Waals surface area contributed by atoms with Crippen molar-refractivity contribution < 1.29 is 15.1 Å². The predicted octanol–water partition coefficient (Wildman–Crippen LogP) is 0.0356. The summed E-state index contributed by atoms with van der Waals surface area (Å²) in [6.45, 7) is 0.941. The smallest absolute Gasteiger partial charge is 0.273 e. The first-order valence-electron chi connectivity index (χ1n) is 5.20. The molecule has 0 amide bonds. The largest absolute Gasteiger partial charge is 0.394 e. The number of nitrogens with zero attached hydrogens (tertiary/aromatic N) is 1. The van der Waals surface area contributed by atoms with Gasteiger partial charge in [0.2, 0.25) is 0 Å². The fraction of sp³-hybridized carbons (Fsp3) is 0.400. The number of hydrogen-bond acceptors (Lipinski definition) is 7. The molecule has 8 heteroatoms. The van der Waals surface area contributed by atoms with E-state index in [0.29, 0.717) is 11.4 Å². The molecule has 0 saturated carbocycles. The minimum Gasteiger partial charge on any atom is -0.394 e. The average molecular weight is 256 g/mol. The predicted molar refractivity (Wildman–Crippen MR) is 67.1 cm³/mol. The summed E-state index contributed by atoms with van der Waals surface area (Å²) in [5, 5.41) is 31.9. The molecule has 0 unspecified atom stereocenters. The number of non-ortho nitro benzene ring substituents is 1. The van der Waals surface area contributed by atoms with Crippen molar-refractivity contribution >= 4 is 17.1 Å². The number of nitrogen functional groups attached to an aromatic ring is 1. The van der Waals surface area contributed by atoms with Gasteiger partial charge < -0.3 is 21.0 Å². The maximum atomic E-state index is 10.7. The van der Waals surface area contributed by atoms with Gasteiger partial charge in [-0.1, -0.05) is 0 Å². The maximum absolute atomic E-state index is 10.7. The number of nitrogens with one attached hydrogen (secondary N) is 2. The van der Waals surface area contributed by atoms with Crippen LogP contribution in [0.5, 0.6) is 0 Å². The number of anilines is 2. The van der Waals surface area contributed by atoms with Crippen LogP contribution < -0.4 is 16.6 Å². The molecular formula is C10H16N4O4. The zero-order valence-electron chi connectivity index (χ0n) is 9.88. The third kappa shape index (κ3) is 3.29. The molecule has 18 heavy (non-hydrogen) atoms. The summed E-state index contributed by atoms with van der Waals surface area (Å²) < 4.78 is 0. The minimum atomic E-state index is -0.971. The fourth-order valence-electron chi connectivity index (χ4n) is 1.35. The van der Waals surface area contributed by atoms with Gasteiger partial charge in [-0.2, -0.15) is 0 Å². The molecule has 8 nitrogen and oxygen atoms in total. The Bertz CT molecular complexity index is 434. The molecule has 1 aromatic rings. The molecule has 1 rings (SSSR count). The van der Waals surface area contributed by atoms with Gasteiger partial charge in [-0.15, -0.1) is 0 Å². The van der Waals surface area contributed by atoms with Gasteiger partial charge >= 0.3 is 0 Å². The van der Waals surface area contributed by atoms with Crippen molar-refractivity contribution in [3.63, 3.8) is 0 Å². The second kappa shape index (κ2) is 5.63. The summed E-state index contributed by atoms with van der Waals surface area (Å²) >= 11 is 0. The Morgan fingerprint density at radius 1 is 1.33 bits per heavy atom. The van der Waals surface area contributed by atoms with Gasteiger partial charge in [0.1, 0.15) is 0 Å². The van der Waals surface area contributed by atoms with Crippen LogP contribution in [-0.2, 0) is 0 Å². The monoisotopic (exact) mass is 256 g/mol. The number of aliphatic hydroxyl groups is 2. The Labute approximate surface area is 104 Å². The Kier molecular flexibility index (Phi) is 4.43. The van der Waals surface area contributed by atoms with E-state index in [0.717, 1.165) is 0 Å². The first-order chi connectivity index (χ1) is 8.44. The average Bonchev–Trinajstić information content (AvgIpc) is 2.38. The van der Waals surface area contributed by atoms with E-state index in [-0.39, 0.29) is 18.9 Å². The Hall–Kier alpha value is -1.90. The highest BCUT2D eigenvalue weighted by atomic mass is 16.6. The lowest BCUT2D eigenvalue weighted by atomic mass is 10.0. The summed E-state index contributed by atoms with van der Waals surface area (Å²) in [5.74, 6) is 5.22. The third-order valence-corrected chi connectivity index (χ3v) is 2.44. The van der Waals surface area contributed by atoms with Crippen molar-refractivity contribution in [2.24, 2.45) is 5.84 Å². The van der Waals surface area contributed by atoms with Crippen LogP contribution in [0.25, 0.3) is 0 Å². The SMILES string of the molecule is CC(CO)(CO)Nc1cc(NN)cc([N+](=O)[O-])c1. The first-order valence-corrected chi connectivity index (χ1v) is 5.20. The van der Waals surface area contributed by atoms with Crippen molar-refractivity contribution in [3.05, 3.63) is 28.3 Å². The highest BCUT2D eigenvalue weighted by Crippen LogP contribution is 2.25. The molecule has 0 spiro atoms. The zero-order chi connectivity index (χ0) is 13.8. The number of hydrogen-bond donors (Lipinski definition) is 5. The maximum Gasteiger partial charge on any atom is 0.273 e. The molecule has 1 aromatic carbocycles. The van der Waals surface area contributed by atoms with E-state index in [1.165, 1.54) is 18.2 Å². The Balaban J connectivity index is 3.08. The molecule has 0 aliphatic rings. The molecule has 0 bridgehead atoms. The Morgan fingerprint density at radius 2 is 1.89 bits per heavy atom. The number of benzene rings is 1. The lowest BCUT2D eigenvalue weighted by Gasteiger charge is -2.27. The molecule has 6 N–H and O–H groups in total. The first kappa shape index (κ1) is 14.2. The molecular weight excluding hydrogens is 240 g/mol. The highest BCUT2D eigenvalue weighted by Gasteiger charge is 2.23. The number of rotatable bonds is 6. The van der Waals surface area contributed by atoms with Gasteiger partial charge in [0.05, 0.1) is 29.4 Å². The van der Waals surface area contributed by atoms with Crippen LogP contribution in [0.3, 0.4) is 0 Å². The molecule has 0 aliphatic heterocycles. The van der Waals surface area contributed by atoms with E-state index < -0.39 is 10.5 Å². The van der Waals surface area contributed by atoms with Gasteiger partial charge in [-0.3, -0.25) is 16.0 Å². The van der Waals surface area contributed by atoms with Gasteiger partial charge in [-0.05, 0) is 13.0 Å². The lowest BCUT2D eigenvalue weighted by molar-refractivity contribution is -0.384. The minimum absolute atomic E-state index is 0.147. The van der Waals surface area contributed by atoms with Crippen LogP contribution in [0.2, 0.25) is 0 Å². The molecule has 0 saturated heterocycles. The molecule has 0 fully saturated rings. The second-order valence-corrected chi connectivity index (χ2v) is 4.17. The molecule has 0 heterocycles. The Morgan fingerprint density at radius 3 is 2.33 bits per heavy atom. The van der Waals surface area contributed by atoms with E-state index in [1.807, 2.05) is 0 Å². The van der Waals surface area contributed by atoms with Crippen molar-refractivity contribution in [1.82, 2.24) is 0 Å². The van der Waals surface area contributed by atoms with Crippen LogP contribution in [0.15, 0.2) is 18.2 Å². The van der Waals surface area contributed by atoms with Gasteiger partial charge in [0.15, 0.2) is 0 Å². The van der Waals surface area contributed by atoms with E-state index in [2.05, 4.69) is 10.7 Å². The standard InChI is InChI=1S/C10H16N4O4/c1-10(5-15,6-16)12-7-2-8(13-11)4-9(3-7)14(17)18/h2-4,12-13,15-16H,5-6,11H2,1H3. The zero-order valence-corrected chi connectivity index (χ0v) is 9.88. The van der Waals surface area contributed by atoms with E-state index in [4.69, 9.17) is 16.1 Å². The summed E-state index contributed by atoms with van der Waals surface area (Å²) in [5.41, 5.74) is 1.93. The van der Waals surface area contributed by atoms with Crippen LogP contribution in [-0.4, -0.2) is 33.9 Å². The van der Waals surface area contributed by atoms with E-state index in [9.17, 15) is 10.1 Å². The third-order valence-electron chi connectivity index (χ3n) is 2.44. The highest BCUT2D eigenvalue weighted by molar-refractivity contribution is 5.63. The van der Waals surface area contributed by atoms with Gasteiger partial charge in [0.25, 0.3) is 5.69 Å². The lowest BCUT2D eigenvalue weighted by Crippen LogP contribution is -2.42. The number of nitrogens with two attached hydrogens (primary N) is 1. The topological polar surface area (TPSA) is 134 Å². The molecule has 0 atom stereocenters. The number of nitro benzene ring substituents is 1.